The van der Waals surface area contributed by atoms with Crippen molar-refractivity contribution in [3.05, 3.63) is 42.2 Å². The number of anilines is 1. The fourth-order valence-electron chi connectivity index (χ4n) is 4.92. The highest BCUT2D eigenvalue weighted by Gasteiger charge is 2.37. The van der Waals surface area contributed by atoms with E-state index in [1.165, 1.54) is 19.4 Å². The molecule has 12 heteroatoms. The Morgan fingerprint density at radius 3 is 2.51 bits per heavy atom. The second-order valence-electron chi connectivity index (χ2n) is 9.41. The molecule has 3 amide bonds. The summed E-state index contributed by atoms with van der Waals surface area (Å²) < 4.78 is 28.6. The lowest BCUT2D eigenvalue weighted by Crippen LogP contribution is -2.54. The average Bonchev–Trinajstić information content (AvgIpc) is 2.89. The van der Waals surface area contributed by atoms with Crippen LogP contribution in [0.3, 0.4) is 0 Å². The Morgan fingerprint density at radius 1 is 1.11 bits per heavy atom. The van der Waals surface area contributed by atoms with Gasteiger partial charge in [-0.2, -0.15) is 0 Å². The van der Waals surface area contributed by atoms with Gasteiger partial charge in [0.25, 0.3) is 0 Å². The number of sulfone groups is 1. The molecular formula is C25H28N6O5S. The number of hydrogen-bond donors (Lipinski definition) is 0. The average molecular weight is 525 g/mol. The van der Waals surface area contributed by atoms with E-state index in [-0.39, 0.29) is 29.6 Å². The molecule has 1 saturated heterocycles. The monoisotopic (exact) mass is 524 g/mol. The highest BCUT2D eigenvalue weighted by Crippen LogP contribution is 2.37. The fourth-order valence-corrected chi connectivity index (χ4v) is 5.48. The maximum atomic E-state index is 13.5. The second kappa shape index (κ2) is 9.67. The molecule has 5 rings (SSSR count). The number of amides is 3. The van der Waals surface area contributed by atoms with E-state index in [2.05, 4.69) is 9.97 Å². The van der Waals surface area contributed by atoms with Crippen molar-refractivity contribution in [1.29, 1.82) is 0 Å². The summed E-state index contributed by atoms with van der Waals surface area (Å²) in [7, 11) is -0.151. The molecule has 0 N–H and O–H groups in total. The third-order valence-electron chi connectivity index (χ3n) is 6.81. The molecule has 1 fully saturated rings. The highest BCUT2D eigenvalue weighted by molar-refractivity contribution is 7.90. The Morgan fingerprint density at radius 2 is 1.86 bits per heavy atom. The van der Waals surface area contributed by atoms with Gasteiger partial charge in [-0.3, -0.25) is 14.7 Å². The number of piperidine rings is 1. The zero-order chi connectivity index (χ0) is 26.3. The molecule has 2 aliphatic heterocycles. The summed E-state index contributed by atoms with van der Waals surface area (Å²) in [6.07, 6.45) is 5.65. The number of carbonyl (C=O) groups is 2. The number of methoxy groups -OCH3 is 1. The zero-order valence-electron chi connectivity index (χ0n) is 20.9. The number of pyridine rings is 3. The Bertz CT molecular complexity index is 1470. The minimum absolute atomic E-state index is 0.00813. The van der Waals surface area contributed by atoms with Crippen LogP contribution in [0.15, 0.2) is 41.7 Å². The van der Waals surface area contributed by atoms with Crippen molar-refractivity contribution < 1.29 is 22.7 Å². The molecule has 0 aliphatic carbocycles. The summed E-state index contributed by atoms with van der Waals surface area (Å²) in [4.78, 5) is 44.5. The molecule has 3 aromatic rings. The molecule has 194 valence electrons. The van der Waals surface area contributed by atoms with E-state index in [0.717, 1.165) is 17.5 Å². The van der Waals surface area contributed by atoms with Gasteiger partial charge in [0.1, 0.15) is 12.1 Å². The number of nitrogens with zero attached hydrogens (tertiary/aromatic N) is 6. The van der Waals surface area contributed by atoms with Gasteiger partial charge in [0.2, 0.25) is 5.91 Å². The van der Waals surface area contributed by atoms with E-state index >= 15 is 0 Å². The van der Waals surface area contributed by atoms with Crippen molar-refractivity contribution in [3.8, 4) is 11.3 Å². The number of ether oxygens (including phenoxy) is 1. The SMILES string of the molecule is COCC(=O)N1CCC(N2C(=O)N(C)Cc3cnc4ccc(-c5ccc(S(C)(=O)=O)nc5)nc4c32)CC1. The lowest BCUT2D eigenvalue weighted by Gasteiger charge is -2.43. The lowest BCUT2D eigenvalue weighted by atomic mass is 9.99. The largest absolute Gasteiger partial charge is 0.375 e. The van der Waals surface area contributed by atoms with Crippen LogP contribution in [0.25, 0.3) is 22.3 Å². The van der Waals surface area contributed by atoms with Crippen LogP contribution >= 0.6 is 0 Å². The molecule has 0 atom stereocenters. The van der Waals surface area contributed by atoms with Crippen LogP contribution < -0.4 is 4.90 Å². The van der Waals surface area contributed by atoms with Crippen molar-refractivity contribution in [3.63, 3.8) is 0 Å². The summed E-state index contributed by atoms with van der Waals surface area (Å²) in [5.74, 6) is -0.0556. The Kier molecular flexibility index (Phi) is 6.54. The second-order valence-corrected chi connectivity index (χ2v) is 11.4. The number of carbonyl (C=O) groups excluding carboxylic acids is 2. The Hall–Kier alpha value is -3.64. The third kappa shape index (κ3) is 4.74. The summed E-state index contributed by atoms with van der Waals surface area (Å²) >= 11 is 0. The van der Waals surface area contributed by atoms with Crippen LogP contribution in [-0.4, -0.2) is 91.3 Å². The minimum Gasteiger partial charge on any atom is -0.375 e. The van der Waals surface area contributed by atoms with E-state index in [1.54, 1.807) is 35.2 Å². The molecule has 2 aliphatic rings. The number of rotatable bonds is 5. The molecule has 0 saturated carbocycles. The van der Waals surface area contributed by atoms with Crippen molar-refractivity contribution in [2.24, 2.45) is 0 Å². The first-order valence-electron chi connectivity index (χ1n) is 11.9. The smallest absolute Gasteiger partial charge is 0.324 e. The van der Waals surface area contributed by atoms with E-state index in [9.17, 15) is 18.0 Å². The van der Waals surface area contributed by atoms with Gasteiger partial charge in [-0.1, -0.05) is 0 Å². The molecular weight excluding hydrogens is 496 g/mol. The predicted octanol–water partition coefficient (Wildman–Crippen LogP) is 2.10. The molecule has 5 heterocycles. The number of fused-ring (bicyclic) bond motifs is 3. The van der Waals surface area contributed by atoms with Crippen molar-refractivity contribution in [2.45, 2.75) is 30.5 Å². The van der Waals surface area contributed by atoms with Crippen LogP contribution in [0.4, 0.5) is 10.5 Å². The number of hydrogen-bond acceptors (Lipinski definition) is 8. The van der Waals surface area contributed by atoms with Gasteiger partial charge in [-0.25, -0.2) is 23.2 Å². The molecule has 11 nitrogen and oxygen atoms in total. The molecule has 0 unspecified atom stereocenters. The van der Waals surface area contributed by atoms with Crippen molar-refractivity contribution in [1.82, 2.24) is 24.8 Å². The maximum absolute atomic E-state index is 13.5. The van der Waals surface area contributed by atoms with Crippen LogP contribution in [0.1, 0.15) is 18.4 Å². The lowest BCUT2D eigenvalue weighted by molar-refractivity contribution is -0.136. The van der Waals surface area contributed by atoms with Gasteiger partial charge in [-0.15, -0.1) is 0 Å². The van der Waals surface area contributed by atoms with E-state index < -0.39 is 9.84 Å². The molecule has 37 heavy (non-hydrogen) atoms. The highest BCUT2D eigenvalue weighted by atomic mass is 32.2. The quantitative estimate of drug-likeness (QED) is 0.497. The predicted molar refractivity (Wildman–Crippen MR) is 137 cm³/mol. The normalized spacial score (nSPS) is 16.8. The molecule has 0 aromatic carbocycles. The third-order valence-corrected chi connectivity index (χ3v) is 7.81. The first-order chi connectivity index (χ1) is 17.7. The summed E-state index contributed by atoms with van der Waals surface area (Å²) in [5, 5.41) is -0.00813. The molecule has 0 bridgehead atoms. The van der Waals surface area contributed by atoms with Gasteiger partial charge in [0.15, 0.2) is 14.9 Å². The van der Waals surface area contributed by atoms with E-state index in [4.69, 9.17) is 9.72 Å². The van der Waals surface area contributed by atoms with Gasteiger partial charge in [0, 0.05) is 63.1 Å². The van der Waals surface area contributed by atoms with Crippen LogP contribution in [0.5, 0.6) is 0 Å². The minimum atomic E-state index is -3.41. The standard InChI is InChI=1S/C25H28N6O5S/c1-29-14-17-13-26-20-6-5-19(16-4-7-21(27-12-16)37(3,34)35)28-23(20)24(17)31(25(29)33)18-8-10-30(11-9-18)22(32)15-36-2/h4-7,12-13,18H,8-11,14-15H2,1-3H3. The van der Waals surface area contributed by atoms with E-state index in [0.29, 0.717) is 54.8 Å². The number of urea groups is 1. The van der Waals surface area contributed by atoms with Crippen LogP contribution in [0.2, 0.25) is 0 Å². The first kappa shape index (κ1) is 25.0. The maximum Gasteiger partial charge on any atom is 0.324 e. The molecule has 3 aromatic heterocycles. The van der Waals surface area contributed by atoms with E-state index in [1.807, 2.05) is 11.0 Å². The zero-order valence-corrected chi connectivity index (χ0v) is 21.7. The summed E-state index contributed by atoms with van der Waals surface area (Å²) in [5.41, 5.74) is 4.13. The topological polar surface area (TPSA) is 126 Å². The fraction of sp³-hybridized carbons (Fsp3) is 0.400. The summed E-state index contributed by atoms with van der Waals surface area (Å²) in [6, 6.07) is 6.55. The Labute approximate surface area is 215 Å². The first-order valence-corrected chi connectivity index (χ1v) is 13.8. The van der Waals surface area contributed by atoms with Crippen molar-refractivity contribution in [2.75, 3.05) is 45.0 Å². The molecule has 0 radical (unpaired) electrons. The number of aromatic nitrogens is 3. The van der Waals surface area contributed by atoms with Gasteiger partial charge < -0.3 is 14.5 Å². The van der Waals surface area contributed by atoms with Gasteiger partial charge >= 0.3 is 6.03 Å². The Balaban J connectivity index is 1.54. The van der Waals surface area contributed by atoms with Crippen molar-refractivity contribution >= 4 is 38.5 Å². The summed E-state index contributed by atoms with van der Waals surface area (Å²) in [6.45, 7) is 1.53. The number of likely N-dealkylation sites (tertiary alicyclic amines) is 1. The van der Waals surface area contributed by atoms with Crippen LogP contribution in [0, 0.1) is 0 Å². The van der Waals surface area contributed by atoms with Gasteiger partial charge in [-0.05, 0) is 37.1 Å². The van der Waals surface area contributed by atoms with Crippen LogP contribution in [-0.2, 0) is 25.9 Å². The van der Waals surface area contributed by atoms with Gasteiger partial charge in [0.05, 0.1) is 23.4 Å². The molecule has 0 spiro atoms.